The molecular formula is C13H18N2O3. The van der Waals surface area contributed by atoms with Gasteiger partial charge in [-0.1, -0.05) is 6.07 Å². The molecule has 1 heterocycles. The largest absolute Gasteiger partial charge is 0.385 e. The van der Waals surface area contributed by atoms with Crippen molar-refractivity contribution in [3.8, 4) is 0 Å². The highest BCUT2D eigenvalue weighted by molar-refractivity contribution is 5.96. The molecule has 0 aromatic heterocycles. The summed E-state index contributed by atoms with van der Waals surface area (Å²) in [6.45, 7) is 1.76. The average Bonchev–Trinajstić information content (AvgIpc) is 2.43. The van der Waals surface area contributed by atoms with E-state index in [9.17, 15) is 4.79 Å². The number of hydroxylamine groups is 1. The van der Waals surface area contributed by atoms with Crippen molar-refractivity contribution in [2.24, 2.45) is 0 Å². The first kappa shape index (κ1) is 12.9. The van der Waals surface area contributed by atoms with E-state index in [2.05, 4.69) is 10.8 Å². The van der Waals surface area contributed by atoms with Crippen LogP contribution in [-0.4, -0.2) is 32.8 Å². The molecule has 1 aromatic carbocycles. The van der Waals surface area contributed by atoms with Crippen LogP contribution in [0.15, 0.2) is 18.2 Å². The molecule has 2 N–H and O–H groups in total. The summed E-state index contributed by atoms with van der Waals surface area (Å²) in [6.07, 6.45) is 1.96. The Morgan fingerprint density at radius 1 is 1.44 bits per heavy atom. The number of methoxy groups -OCH3 is 1. The third-order valence-electron chi connectivity index (χ3n) is 2.89. The Morgan fingerprint density at radius 2 is 2.33 bits per heavy atom. The summed E-state index contributed by atoms with van der Waals surface area (Å²) < 4.78 is 4.83. The van der Waals surface area contributed by atoms with Gasteiger partial charge in [0, 0.05) is 24.9 Å². The van der Waals surface area contributed by atoms with Crippen LogP contribution in [0, 0.1) is 0 Å². The van der Waals surface area contributed by atoms with Crippen molar-refractivity contribution in [2.45, 2.75) is 12.8 Å². The van der Waals surface area contributed by atoms with Gasteiger partial charge in [-0.05, 0) is 30.5 Å². The van der Waals surface area contributed by atoms with E-state index in [1.54, 1.807) is 7.11 Å². The second-order valence-electron chi connectivity index (χ2n) is 4.13. The lowest BCUT2D eigenvalue weighted by Gasteiger charge is -2.20. The quantitative estimate of drug-likeness (QED) is 0.612. The summed E-state index contributed by atoms with van der Waals surface area (Å²) in [5, 5.41) is 3.29. The molecule has 1 aromatic rings. The maximum atomic E-state index is 12.0. The van der Waals surface area contributed by atoms with Crippen LogP contribution in [0.2, 0.25) is 0 Å². The fourth-order valence-electron chi connectivity index (χ4n) is 2.02. The summed E-state index contributed by atoms with van der Waals surface area (Å²) in [6, 6.07) is 5.69. The van der Waals surface area contributed by atoms with Gasteiger partial charge in [-0.15, -0.1) is 0 Å². The van der Waals surface area contributed by atoms with E-state index < -0.39 is 0 Å². The SMILES string of the molecule is COCCONC(=O)c1cccc2c1CCCN2. The monoisotopic (exact) mass is 250 g/mol. The zero-order chi connectivity index (χ0) is 12.8. The third-order valence-corrected chi connectivity index (χ3v) is 2.89. The second-order valence-corrected chi connectivity index (χ2v) is 4.13. The molecule has 0 radical (unpaired) electrons. The second kappa shape index (κ2) is 6.37. The summed E-state index contributed by atoms with van der Waals surface area (Å²) in [4.78, 5) is 17.0. The first-order valence-corrected chi connectivity index (χ1v) is 6.09. The maximum absolute atomic E-state index is 12.0. The van der Waals surface area contributed by atoms with Crippen LogP contribution >= 0.6 is 0 Å². The Bertz CT molecular complexity index is 421. The van der Waals surface area contributed by atoms with Crippen LogP contribution in [0.25, 0.3) is 0 Å². The fraction of sp³-hybridized carbons (Fsp3) is 0.462. The Labute approximate surface area is 106 Å². The molecule has 98 valence electrons. The summed E-state index contributed by atoms with van der Waals surface area (Å²) in [5.74, 6) is -0.202. The molecular weight excluding hydrogens is 232 g/mol. The van der Waals surface area contributed by atoms with E-state index in [0.717, 1.165) is 30.6 Å². The summed E-state index contributed by atoms with van der Waals surface area (Å²) in [5.41, 5.74) is 5.23. The third kappa shape index (κ3) is 3.00. The van der Waals surface area contributed by atoms with Crippen molar-refractivity contribution in [2.75, 3.05) is 32.2 Å². The first-order valence-electron chi connectivity index (χ1n) is 6.09. The lowest BCUT2D eigenvalue weighted by molar-refractivity contribution is 0.00883. The van der Waals surface area contributed by atoms with Gasteiger partial charge in [-0.2, -0.15) is 0 Å². The van der Waals surface area contributed by atoms with Gasteiger partial charge in [-0.25, -0.2) is 5.48 Å². The van der Waals surface area contributed by atoms with Crippen molar-refractivity contribution < 1.29 is 14.4 Å². The van der Waals surface area contributed by atoms with E-state index in [1.165, 1.54) is 0 Å². The van der Waals surface area contributed by atoms with Crippen LogP contribution < -0.4 is 10.8 Å². The number of fused-ring (bicyclic) bond motifs is 1. The minimum Gasteiger partial charge on any atom is -0.385 e. The molecule has 18 heavy (non-hydrogen) atoms. The number of nitrogens with one attached hydrogen (secondary N) is 2. The molecule has 0 bridgehead atoms. The molecule has 0 atom stereocenters. The number of anilines is 1. The van der Waals surface area contributed by atoms with Gasteiger partial charge in [0.15, 0.2) is 0 Å². The fourth-order valence-corrected chi connectivity index (χ4v) is 2.02. The van der Waals surface area contributed by atoms with Gasteiger partial charge >= 0.3 is 0 Å². The summed E-state index contributed by atoms with van der Waals surface area (Å²) >= 11 is 0. The predicted octanol–water partition coefficient (Wildman–Crippen LogP) is 1.35. The number of ether oxygens (including phenoxy) is 1. The minimum atomic E-state index is -0.202. The Balaban J connectivity index is 2.01. The van der Waals surface area contributed by atoms with Crippen LogP contribution in [-0.2, 0) is 16.0 Å². The van der Waals surface area contributed by atoms with Gasteiger partial charge in [-0.3, -0.25) is 9.63 Å². The molecule has 0 fully saturated rings. The normalized spacial score (nSPS) is 13.6. The van der Waals surface area contributed by atoms with E-state index >= 15 is 0 Å². The van der Waals surface area contributed by atoms with E-state index in [0.29, 0.717) is 18.8 Å². The zero-order valence-electron chi connectivity index (χ0n) is 10.5. The highest BCUT2D eigenvalue weighted by atomic mass is 16.7. The summed E-state index contributed by atoms with van der Waals surface area (Å²) in [7, 11) is 1.59. The number of carbonyl (C=O) groups excluding carboxylic acids is 1. The van der Waals surface area contributed by atoms with Gasteiger partial charge in [0.2, 0.25) is 0 Å². The Morgan fingerprint density at radius 3 is 3.17 bits per heavy atom. The molecule has 5 nitrogen and oxygen atoms in total. The number of hydrogen-bond acceptors (Lipinski definition) is 4. The van der Waals surface area contributed by atoms with Gasteiger partial charge < -0.3 is 10.1 Å². The molecule has 1 aliphatic rings. The van der Waals surface area contributed by atoms with E-state index in [-0.39, 0.29) is 5.91 Å². The number of benzene rings is 1. The van der Waals surface area contributed by atoms with Crippen molar-refractivity contribution >= 4 is 11.6 Å². The van der Waals surface area contributed by atoms with Crippen LogP contribution in [0.3, 0.4) is 0 Å². The predicted molar refractivity (Wildman–Crippen MR) is 68.5 cm³/mol. The van der Waals surface area contributed by atoms with Crippen molar-refractivity contribution in [1.82, 2.24) is 5.48 Å². The average molecular weight is 250 g/mol. The van der Waals surface area contributed by atoms with Crippen molar-refractivity contribution in [1.29, 1.82) is 0 Å². The molecule has 1 aliphatic heterocycles. The molecule has 2 rings (SSSR count). The zero-order valence-corrected chi connectivity index (χ0v) is 10.5. The molecule has 0 aliphatic carbocycles. The smallest absolute Gasteiger partial charge is 0.275 e. The Kier molecular flexibility index (Phi) is 4.55. The Hall–Kier alpha value is -1.59. The lowest BCUT2D eigenvalue weighted by Crippen LogP contribution is -2.27. The first-order chi connectivity index (χ1) is 8.83. The van der Waals surface area contributed by atoms with E-state index in [1.807, 2.05) is 18.2 Å². The van der Waals surface area contributed by atoms with Crippen LogP contribution in [0.5, 0.6) is 0 Å². The van der Waals surface area contributed by atoms with Gasteiger partial charge in [0.25, 0.3) is 5.91 Å². The lowest BCUT2D eigenvalue weighted by atomic mass is 9.97. The molecule has 0 saturated heterocycles. The van der Waals surface area contributed by atoms with Gasteiger partial charge in [0.05, 0.1) is 13.2 Å². The molecule has 0 spiro atoms. The number of hydrogen-bond donors (Lipinski definition) is 2. The topological polar surface area (TPSA) is 59.6 Å². The number of rotatable bonds is 5. The van der Waals surface area contributed by atoms with Crippen molar-refractivity contribution in [3.63, 3.8) is 0 Å². The highest BCUT2D eigenvalue weighted by Crippen LogP contribution is 2.25. The molecule has 5 heteroatoms. The van der Waals surface area contributed by atoms with Crippen molar-refractivity contribution in [3.05, 3.63) is 29.3 Å². The maximum Gasteiger partial charge on any atom is 0.275 e. The number of carbonyl (C=O) groups is 1. The minimum absolute atomic E-state index is 0.202. The molecule has 1 amide bonds. The number of amides is 1. The molecule has 0 saturated carbocycles. The molecule has 0 unspecified atom stereocenters. The highest BCUT2D eigenvalue weighted by Gasteiger charge is 2.17. The van der Waals surface area contributed by atoms with Crippen LogP contribution in [0.4, 0.5) is 5.69 Å². The van der Waals surface area contributed by atoms with Crippen LogP contribution in [0.1, 0.15) is 22.3 Å². The van der Waals surface area contributed by atoms with Gasteiger partial charge in [0.1, 0.15) is 0 Å². The van der Waals surface area contributed by atoms with E-state index in [4.69, 9.17) is 9.57 Å². The standard InChI is InChI=1S/C13H18N2O3/c1-17-8-9-18-15-13(16)11-4-2-6-12-10(11)5-3-7-14-12/h2,4,6,14H,3,5,7-9H2,1H3,(H,15,16).